The Labute approximate surface area is 91.6 Å². The van der Waals surface area contributed by atoms with Crippen molar-refractivity contribution >= 4 is 21.8 Å². The average Bonchev–Trinajstić information content (AvgIpc) is 2.18. The molecule has 0 aromatic heterocycles. The average molecular weight is 252 g/mol. The Hall–Kier alpha value is -1.27. The molecule has 0 radical (unpaired) electrons. The second-order valence-electron chi connectivity index (χ2n) is 2.78. The molecule has 0 aliphatic rings. The minimum Gasteiger partial charge on any atom is -0.369 e. The topological polar surface area (TPSA) is 43.1 Å². The van der Waals surface area contributed by atoms with Crippen LogP contribution in [0.1, 0.15) is 17.5 Å². The molecular formula is C11H10BrNO. The first-order valence-electron chi connectivity index (χ1n) is 4.14. The van der Waals surface area contributed by atoms with Crippen LogP contribution in [0.25, 0.3) is 0 Å². The maximum Gasteiger partial charge on any atom is 0.229 e. The van der Waals surface area contributed by atoms with Gasteiger partial charge < -0.3 is 5.73 Å². The van der Waals surface area contributed by atoms with Crippen molar-refractivity contribution in [3.63, 3.8) is 0 Å². The normalized spacial score (nSPS) is 8.93. The highest BCUT2D eigenvalue weighted by molar-refractivity contribution is 9.08. The second-order valence-corrected chi connectivity index (χ2v) is 3.34. The van der Waals surface area contributed by atoms with E-state index in [1.807, 2.05) is 24.3 Å². The zero-order valence-electron chi connectivity index (χ0n) is 7.59. The Bertz CT molecular complexity index is 373. The summed E-state index contributed by atoms with van der Waals surface area (Å²) < 4.78 is 0. The van der Waals surface area contributed by atoms with E-state index in [0.717, 1.165) is 10.9 Å². The highest BCUT2D eigenvalue weighted by Gasteiger charge is 1.90. The Morgan fingerprint density at radius 3 is 2.50 bits per heavy atom. The van der Waals surface area contributed by atoms with E-state index < -0.39 is 5.91 Å². The third kappa shape index (κ3) is 3.63. The Morgan fingerprint density at radius 1 is 1.36 bits per heavy atom. The van der Waals surface area contributed by atoms with Gasteiger partial charge in [-0.1, -0.05) is 39.9 Å². The van der Waals surface area contributed by atoms with Gasteiger partial charge in [-0.25, -0.2) is 0 Å². The molecule has 1 aromatic carbocycles. The van der Waals surface area contributed by atoms with Crippen LogP contribution in [0.3, 0.4) is 0 Å². The van der Waals surface area contributed by atoms with Crippen molar-refractivity contribution in [3.8, 4) is 11.8 Å². The van der Waals surface area contributed by atoms with E-state index in [4.69, 9.17) is 5.73 Å². The van der Waals surface area contributed by atoms with Crippen molar-refractivity contribution in [1.29, 1.82) is 0 Å². The van der Waals surface area contributed by atoms with Crippen LogP contribution in [0.5, 0.6) is 0 Å². The molecule has 1 aromatic rings. The molecule has 0 spiro atoms. The number of amides is 1. The molecule has 0 bridgehead atoms. The van der Waals surface area contributed by atoms with Crippen LogP contribution in [-0.4, -0.2) is 5.91 Å². The zero-order valence-corrected chi connectivity index (χ0v) is 9.17. The lowest BCUT2D eigenvalue weighted by Crippen LogP contribution is -2.08. The summed E-state index contributed by atoms with van der Waals surface area (Å²) >= 11 is 3.36. The predicted octanol–water partition coefficient (Wildman–Crippen LogP) is 1.81. The van der Waals surface area contributed by atoms with E-state index in [0.29, 0.717) is 0 Å². The number of rotatable bonds is 2. The van der Waals surface area contributed by atoms with Crippen LogP contribution >= 0.6 is 15.9 Å². The van der Waals surface area contributed by atoms with Gasteiger partial charge >= 0.3 is 0 Å². The fraction of sp³-hybridized carbons (Fsp3) is 0.182. The SMILES string of the molecule is NC(=O)CC#Cc1ccc(CBr)cc1. The number of alkyl halides is 1. The van der Waals surface area contributed by atoms with Crippen molar-refractivity contribution in [2.45, 2.75) is 11.8 Å². The Morgan fingerprint density at radius 2 is 2.00 bits per heavy atom. The highest BCUT2D eigenvalue weighted by atomic mass is 79.9. The first-order valence-corrected chi connectivity index (χ1v) is 5.26. The van der Waals surface area contributed by atoms with Crippen molar-refractivity contribution in [3.05, 3.63) is 35.4 Å². The molecule has 0 saturated heterocycles. The summed E-state index contributed by atoms with van der Waals surface area (Å²) in [5, 5.41) is 0.835. The number of hydrogen-bond acceptors (Lipinski definition) is 1. The van der Waals surface area contributed by atoms with Gasteiger partial charge in [0, 0.05) is 10.9 Å². The lowest BCUT2D eigenvalue weighted by Gasteiger charge is -1.93. The molecule has 1 amide bonds. The summed E-state index contributed by atoms with van der Waals surface area (Å²) in [6.45, 7) is 0. The van der Waals surface area contributed by atoms with E-state index in [9.17, 15) is 4.79 Å². The van der Waals surface area contributed by atoms with Crippen molar-refractivity contribution in [1.82, 2.24) is 0 Å². The first kappa shape index (κ1) is 10.8. The molecule has 0 atom stereocenters. The first-order chi connectivity index (χ1) is 6.72. The smallest absolute Gasteiger partial charge is 0.229 e. The van der Waals surface area contributed by atoms with Crippen molar-refractivity contribution in [2.75, 3.05) is 0 Å². The molecule has 2 N–H and O–H groups in total. The summed E-state index contributed by atoms with van der Waals surface area (Å²) in [7, 11) is 0. The Kier molecular flexibility index (Phi) is 4.21. The van der Waals surface area contributed by atoms with Crippen LogP contribution in [-0.2, 0) is 10.1 Å². The van der Waals surface area contributed by atoms with Crippen LogP contribution in [0, 0.1) is 11.8 Å². The lowest BCUT2D eigenvalue weighted by molar-refractivity contribution is -0.117. The number of halogens is 1. The fourth-order valence-corrected chi connectivity index (χ4v) is 1.28. The van der Waals surface area contributed by atoms with Gasteiger partial charge in [-0.05, 0) is 17.7 Å². The molecular weight excluding hydrogens is 242 g/mol. The highest BCUT2D eigenvalue weighted by Crippen LogP contribution is 2.06. The van der Waals surface area contributed by atoms with Crippen molar-refractivity contribution in [2.24, 2.45) is 5.73 Å². The van der Waals surface area contributed by atoms with E-state index in [2.05, 4.69) is 27.8 Å². The molecule has 0 fully saturated rings. The van der Waals surface area contributed by atoms with Gasteiger partial charge in [-0.15, -0.1) is 0 Å². The maximum atomic E-state index is 10.4. The monoisotopic (exact) mass is 251 g/mol. The predicted molar refractivity (Wildman–Crippen MR) is 59.8 cm³/mol. The van der Waals surface area contributed by atoms with Gasteiger partial charge in [0.25, 0.3) is 0 Å². The van der Waals surface area contributed by atoms with Crippen LogP contribution in [0.2, 0.25) is 0 Å². The molecule has 0 unspecified atom stereocenters. The third-order valence-electron chi connectivity index (χ3n) is 1.60. The third-order valence-corrected chi connectivity index (χ3v) is 2.25. The van der Waals surface area contributed by atoms with Crippen LogP contribution in [0.4, 0.5) is 0 Å². The van der Waals surface area contributed by atoms with Gasteiger partial charge in [0.1, 0.15) is 0 Å². The van der Waals surface area contributed by atoms with E-state index in [-0.39, 0.29) is 6.42 Å². The van der Waals surface area contributed by atoms with E-state index in [1.165, 1.54) is 5.56 Å². The van der Waals surface area contributed by atoms with Crippen LogP contribution in [0.15, 0.2) is 24.3 Å². The minimum atomic E-state index is -0.394. The quantitative estimate of drug-likeness (QED) is 0.633. The standard InChI is InChI=1S/C11H10BrNO/c12-8-10-6-4-9(5-7-10)2-1-3-11(13)14/h4-7H,3,8H2,(H2,13,14). The molecule has 1 rings (SSSR count). The fourth-order valence-electron chi connectivity index (χ4n) is 0.911. The van der Waals surface area contributed by atoms with Gasteiger partial charge in [0.2, 0.25) is 5.91 Å². The second kappa shape index (κ2) is 5.46. The molecule has 3 heteroatoms. The number of primary amides is 1. The number of benzene rings is 1. The largest absolute Gasteiger partial charge is 0.369 e. The summed E-state index contributed by atoms with van der Waals surface area (Å²) in [5.74, 6) is 5.17. The molecule has 0 aliphatic heterocycles. The molecule has 0 aliphatic carbocycles. The number of carbonyl (C=O) groups is 1. The van der Waals surface area contributed by atoms with Crippen molar-refractivity contribution < 1.29 is 4.79 Å². The van der Waals surface area contributed by atoms with Gasteiger partial charge in [0.05, 0.1) is 6.42 Å². The molecule has 0 saturated carbocycles. The number of nitrogens with two attached hydrogens (primary N) is 1. The van der Waals surface area contributed by atoms with Crippen LogP contribution < -0.4 is 5.73 Å². The minimum absolute atomic E-state index is 0.111. The number of carbonyl (C=O) groups excluding carboxylic acids is 1. The zero-order chi connectivity index (χ0) is 10.4. The van der Waals surface area contributed by atoms with Gasteiger partial charge in [-0.3, -0.25) is 4.79 Å². The van der Waals surface area contributed by atoms with E-state index in [1.54, 1.807) is 0 Å². The summed E-state index contributed by atoms with van der Waals surface area (Å²) in [6, 6.07) is 7.82. The summed E-state index contributed by atoms with van der Waals surface area (Å²) in [6.07, 6.45) is 0.111. The van der Waals surface area contributed by atoms with Gasteiger partial charge in [-0.2, -0.15) is 0 Å². The van der Waals surface area contributed by atoms with Gasteiger partial charge in [0.15, 0.2) is 0 Å². The molecule has 2 nitrogen and oxygen atoms in total. The lowest BCUT2D eigenvalue weighted by atomic mass is 10.1. The molecule has 0 heterocycles. The Balaban J connectivity index is 2.66. The number of hydrogen-bond donors (Lipinski definition) is 1. The summed E-state index contributed by atoms with van der Waals surface area (Å²) in [5.41, 5.74) is 7.05. The molecule has 72 valence electrons. The maximum absolute atomic E-state index is 10.4. The molecule has 14 heavy (non-hydrogen) atoms. The van der Waals surface area contributed by atoms with E-state index >= 15 is 0 Å². The summed E-state index contributed by atoms with van der Waals surface area (Å²) in [4.78, 5) is 10.4.